The Morgan fingerprint density at radius 1 is 1.00 bits per heavy atom. The van der Waals surface area contributed by atoms with Crippen molar-refractivity contribution in [2.45, 2.75) is 6.10 Å². The summed E-state index contributed by atoms with van der Waals surface area (Å²) >= 11 is 13.9. The molecule has 2 aromatic carbocycles. The zero-order valence-electron chi connectivity index (χ0n) is 15.4. The summed E-state index contributed by atoms with van der Waals surface area (Å²) in [5, 5.41) is 19.9. The fraction of sp³-hybridized carbons (Fsp3) is 0.0435. The van der Waals surface area contributed by atoms with Crippen LogP contribution in [-0.4, -0.2) is 15.2 Å². The summed E-state index contributed by atoms with van der Waals surface area (Å²) in [6, 6.07) is 16.6. The SMILES string of the molecule is OC(c1cccnc1)c1c(-c2csc3ccc(Cl)cc23)noc1-c1ccc(Cl)cc1. The maximum Gasteiger partial charge on any atom is 0.173 e. The van der Waals surface area contributed by atoms with Crippen LogP contribution in [-0.2, 0) is 0 Å². The minimum Gasteiger partial charge on any atom is -0.383 e. The van der Waals surface area contributed by atoms with Gasteiger partial charge in [0.1, 0.15) is 11.8 Å². The number of halogens is 2. The highest BCUT2D eigenvalue weighted by molar-refractivity contribution is 7.17. The number of aromatic nitrogens is 2. The third kappa shape index (κ3) is 3.40. The number of aliphatic hydroxyl groups excluding tert-OH is 1. The molecular weight excluding hydrogens is 439 g/mol. The quantitative estimate of drug-likeness (QED) is 0.318. The fourth-order valence-corrected chi connectivity index (χ4v) is 4.67. The van der Waals surface area contributed by atoms with Gasteiger partial charge in [-0.1, -0.05) is 34.4 Å². The molecule has 0 amide bonds. The number of rotatable bonds is 4. The molecule has 1 atom stereocenters. The highest BCUT2D eigenvalue weighted by Crippen LogP contribution is 2.43. The Morgan fingerprint density at radius 2 is 1.80 bits per heavy atom. The summed E-state index contributed by atoms with van der Waals surface area (Å²) in [6.07, 6.45) is 2.33. The third-order valence-electron chi connectivity index (χ3n) is 4.90. The molecular formula is C23H14Cl2N2O2S. The minimum absolute atomic E-state index is 0.486. The van der Waals surface area contributed by atoms with E-state index in [2.05, 4.69) is 10.1 Å². The summed E-state index contributed by atoms with van der Waals surface area (Å²) < 4.78 is 6.84. The van der Waals surface area contributed by atoms with E-state index in [1.54, 1.807) is 41.9 Å². The van der Waals surface area contributed by atoms with Crippen molar-refractivity contribution >= 4 is 44.6 Å². The second-order valence-corrected chi connectivity index (χ2v) is 8.54. The monoisotopic (exact) mass is 452 g/mol. The molecule has 5 rings (SSSR count). The molecule has 4 nitrogen and oxygen atoms in total. The number of nitrogens with zero attached hydrogens (tertiary/aromatic N) is 2. The van der Waals surface area contributed by atoms with E-state index in [1.165, 1.54) is 0 Å². The number of aliphatic hydroxyl groups is 1. The largest absolute Gasteiger partial charge is 0.383 e. The van der Waals surface area contributed by atoms with Gasteiger partial charge >= 0.3 is 0 Å². The van der Waals surface area contributed by atoms with Crippen molar-refractivity contribution in [2.75, 3.05) is 0 Å². The smallest absolute Gasteiger partial charge is 0.173 e. The van der Waals surface area contributed by atoms with Crippen LogP contribution in [0.4, 0.5) is 0 Å². The molecule has 1 N–H and O–H groups in total. The Morgan fingerprint density at radius 3 is 2.57 bits per heavy atom. The first-order valence-electron chi connectivity index (χ1n) is 9.12. The number of hydrogen-bond donors (Lipinski definition) is 1. The maximum absolute atomic E-state index is 11.3. The van der Waals surface area contributed by atoms with Crippen molar-refractivity contribution in [2.24, 2.45) is 0 Å². The Kier molecular flexibility index (Phi) is 5.05. The molecule has 7 heteroatoms. The van der Waals surface area contributed by atoms with Crippen molar-refractivity contribution < 1.29 is 9.63 Å². The van der Waals surface area contributed by atoms with E-state index in [0.29, 0.717) is 32.6 Å². The second-order valence-electron chi connectivity index (χ2n) is 6.76. The van der Waals surface area contributed by atoms with Gasteiger partial charge in [0.2, 0.25) is 0 Å². The Labute approximate surface area is 186 Å². The highest BCUT2D eigenvalue weighted by Gasteiger charge is 2.28. The van der Waals surface area contributed by atoms with Gasteiger partial charge in [0.15, 0.2) is 5.76 Å². The Bertz CT molecular complexity index is 1330. The predicted octanol–water partition coefficient (Wildman–Crippen LogP) is 7.01. The van der Waals surface area contributed by atoms with Crippen LogP contribution < -0.4 is 0 Å². The standard InChI is InChI=1S/C23H14Cl2N2O2S/c24-15-5-3-13(4-6-15)23-20(22(28)14-2-1-9-26-11-14)21(27-29-23)18-12-30-19-8-7-16(25)10-17(18)19/h1-12,22,28H. The van der Waals surface area contributed by atoms with Crippen molar-refractivity contribution in [3.63, 3.8) is 0 Å². The molecule has 0 saturated carbocycles. The van der Waals surface area contributed by atoms with Crippen molar-refractivity contribution in [3.05, 3.63) is 93.5 Å². The van der Waals surface area contributed by atoms with Gasteiger partial charge in [-0.3, -0.25) is 4.98 Å². The molecule has 148 valence electrons. The minimum atomic E-state index is -0.972. The maximum atomic E-state index is 11.3. The number of pyridine rings is 1. The average molecular weight is 453 g/mol. The van der Waals surface area contributed by atoms with Crippen molar-refractivity contribution in [3.8, 4) is 22.6 Å². The lowest BCUT2D eigenvalue weighted by atomic mass is 9.95. The van der Waals surface area contributed by atoms with Crippen molar-refractivity contribution in [1.82, 2.24) is 10.1 Å². The molecule has 0 saturated heterocycles. The van der Waals surface area contributed by atoms with E-state index in [-0.39, 0.29) is 0 Å². The fourth-order valence-electron chi connectivity index (χ4n) is 3.44. The van der Waals surface area contributed by atoms with Crippen molar-refractivity contribution in [1.29, 1.82) is 0 Å². The predicted molar refractivity (Wildman–Crippen MR) is 121 cm³/mol. The second kappa shape index (κ2) is 7.85. The topological polar surface area (TPSA) is 59.2 Å². The first kappa shape index (κ1) is 19.3. The molecule has 0 bridgehead atoms. The molecule has 3 aromatic heterocycles. The summed E-state index contributed by atoms with van der Waals surface area (Å²) in [7, 11) is 0. The molecule has 0 radical (unpaired) electrons. The lowest BCUT2D eigenvalue weighted by Crippen LogP contribution is -2.02. The summed E-state index contributed by atoms with van der Waals surface area (Å²) in [5.41, 5.74) is 3.43. The van der Waals surface area contributed by atoms with E-state index in [4.69, 9.17) is 27.7 Å². The first-order valence-corrected chi connectivity index (χ1v) is 10.8. The van der Waals surface area contributed by atoms with E-state index in [0.717, 1.165) is 21.2 Å². The van der Waals surface area contributed by atoms with Gasteiger partial charge < -0.3 is 9.63 Å². The van der Waals surface area contributed by atoms with Crippen LogP contribution in [0.3, 0.4) is 0 Å². The zero-order valence-corrected chi connectivity index (χ0v) is 17.7. The van der Waals surface area contributed by atoms with E-state index < -0.39 is 6.10 Å². The number of hydrogen-bond acceptors (Lipinski definition) is 5. The molecule has 0 fully saturated rings. The van der Waals surface area contributed by atoms with Crippen LogP contribution in [0, 0.1) is 0 Å². The molecule has 1 unspecified atom stereocenters. The van der Waals surface area contributed by atoms with Gasteiger partial charge in [0.25, 0.3) is 0 Å². The molecule has 5 aromatic rings. The van der Waals surface area contributed by atoms with Crippen LogP contribution in [0.5, 0.6) is 0 Å². The van der Waals surface area contributed by atoms with Gasteiger partial charge in [0, 0.05) is 54.6 Å². The summed E-state index contributed by atoms with van der Waals surface area (Å²) in [5.74, 6) is 0.486. The van der Waals surface area contributed by atoms with Crippen LogP contribution in [0.25, 0.3) is 32.7 Å². The Balaban J connectivity index is 1.75. The van der Waals surface area contributed by atoms with Gasteiger partial charge in [-0.15, -0.1) is 11.3 Å². The van der Waals surface area contributed by atoms with Crippen LogP contribution >= 0.6 is 34.5 Å². The summed E-state index contributed by atoms with van der Waals surface area (Å²) in [6.45, 7) is 0. The van der Waals surface area contributed by atoms with Gasteiger partial charge in [-0.05, 0) is 48.5 Å². The lowest BCUT2D eigenvalue weighted by Gasteiger charge is -2.12. The van der Waals surface area contributed by atoms with Gasteiger partial charge in [-0.2, -0.15) is 0 Å². The normalized spacial score (nSPS) is 12.4. The molecule has 0 aliphatic heterocycles. The van der Waals surface area contributed by atoms with Crippen LogP contribution in [0.2, 0.25) is 10.0 Å². The average Bonchev–Trinajstić information content (AvgIpc) is 3.38. The van der Waals surface area contributed by atoms with Gasteiger partial charge in [0.05, 0.1) is 5.56 Å². The Hall–Kier alpha value is -2.70. The van der Waals surface area contributed by atoms with Crippen LogP contribution in [0.15, 0.2) is 76.9 Å². The lowest BCUT2D eigenvalue weighted by molar-refractivity contribution is 0.220. The highest BCUT2D eigenvalue weighted by atomic mass is 35.5. The third-order valence-corrected chi connectivity index (χ3v) is 6.35. The number of benzene rings is 2. The zero-order chi connectivity index (χ0) is 20.7. The molecule has 30 heavy (non-hydrogen) atoms. The van der Waals surface area contributed by atoms with Crippen LogP contribution in [0.1, 0.15) is 17.2 Å². The molecule has 3 heterocycles. The van der Waals surface area contributed by atoms with Gasteiger partial charge in [-0.25, -0.2) is 0 Å². The first-order chi connectivity index (χ1) is 14.6. The molecule has 0 aliphatic carbocycles. The van der Waals surface area contributed by atoms with E-state index in [9.17, 15) is 5.11 Å². The summed E-state index contributed by atoms with van der Waals surface area (Å²) in [4.78, 5) is 4.14. The van der Waals surface area contributed by atoms with E-state index >= 15 is 0 Å². The van der Waals surface area contributed by atoms with E-state index in [1.807, 2.05) is 41.8 Å². The molecule has 0 spiro atoms. The number of thiophene rings is 1. The molecule has 0 aliphatic rings. The number of fused-ring (bicyclic) bond motifs is 1.